The first-order valence-electron chi connectivity index (χ1n) is 9.02. The van der Waals surface area contributed by atoms with E-state index in [2.05, 4.69) is 10.4 Å². The Hall–Kier alpha value is -3.28. The van der Waals surface area contributed by atoms with Gasteiger partial charge in [-0.2, -0.15) is 0 Å². The lowest BCUT2D eigenvalue weighted by molar-refractivity contribution is -0.116. The summed E-state index contributed by atoms with van der Waals surface area (Å²) in [5.41, 5.74) is 2.43. The molecule has 1 aromatic heterocycles. The van der Waals surface area contributed by atoms with Crippen molar-refractivity contribution in [1.82, 2.24) is 9.78 Å². The molecular formula is C21H21N3O3. The molecule has 0 saturated heterocycles. The minimum Gasteiger partial charge on any atom is -0.493 e. The third-order valence-corrected chi connectivity index (χ3v) is 4.86. The third-order valence-electron chi connectivity index (χ3n) is 4.86. The summed E-state index contributed by atoms with van der Waals surface area (Å²) < 4.78 is 7.09. The van der Waals surface area contributed by atoms with Gasteiger partial charge in [0.05, 0.1) is 18.0 Å². The SMILES string of the molecule is Cc1[nH]n(-c2ccccc2)c(=O)c1NC(=O)CC1CCOc2ccccc21. The molecule has 0 radical (unpaired) electrons. The van der Waals surface area contributed by atoms with Gasteiger partial charge in [-0.15, -0.1) is 0 Å². The monoisotopic (exact) mass is 363 g/mol. The highest BCUT2D eigenvalue weighted by molar-refractivity contribution is 5.91. The maximum absolute atomic E-state index is 12.7. The van der Waals surface area contributed by atoms with E-state index in [0.717, 1.165) is 23.4 Å². The molecule has 138 valence electrons. The van der Waals surface area contributed by atoms with Crippen LogP contribution in [0.25, 0.3) is 5.69 Å². The van der Waals surface area contributed by atoms with E-state index >= 15 is 0 Å². The number of carbonyl (C=O) groups is 1. The van der Waals surface area contributed by atoms with Gasteiger partial charge in [-0.05, 0) is 43.0 Å². The van der Waals surface area contributed by atoms with E-state index in [0.29, 0.717) is 24.4 Å². The van der Waals surface area contributed by atoms with Crippen LogP contribution in [0.15, 0.2) is 59.4 Å². The number of ether oxygens (including phenoxy) is 1. The van der Waals surface area contributed by atoms with Crippen molar-refractivity contribution < 1.29 is 9.53 Å². The zero-order valence-corrected chi connectivity index (χ0v) is 15.1. The van der Waals surface area contributed by atoms with Crippen molar-refractivity contribution in [2.24, 2.45) is 0 Å². The summed E-state index contributed by atoms with van der Waals surface area (Å²) in [5, 5.41) is 5.83. The second-order valence-electron chi connectivity index (χ2n) is 6.71. The molecule has 27 heavy (non-hydrogen) atoms. The van der Waals surface area contributed by atoms with E-state index in [1.165, 1.54) is 4.68 Å². The van der Waals surface area contributed by atoms with Crippen LogP contribution in [0.1, 0.15) is 30.0 Å². The molecule has 0 bridgehead atoms. The number of hydrogen-bond acceptors (Lipinski definition) is 3. The number of rotatable bonds is 4. The summed E-state index contributed by atoms with van der Waals surface area (Å²) in [6.45, 7) is 2.37. The molecule has 4 rings (SSSR count). The minimum absolute atomic E-state index is 0.0885. The molecule has 0 spiro atoms. The van der Waals surface area contributed by atoms with Crippen LogP contribution in [-0.4, -0.2) is 22.3 Å². The molecule has 1 unspecified atom stereocenters. The van der Waals surface area contributed by atoms with Gasteiger partial charge in [0.2, 0.25) is 5.91 Å². The number of amides is 1. The predicted molar refractivity (Wildman–Crippen MR) is 104 cm³/mol. The van der Waals surface area contributed by atoms with Crippen molar-refractivity contribution >= 4 is 11.6 Å². The van der Waals surface area contributed by atoms with Crippen LogP contribution >= 0.6 is 0 Å². The number of benzene rings is 2. The average Bonchev–Trinajstić information content (AvgIpc) is 2.97. The molecule has 3 aromatic rings. The Balaban J connectivity index is 1.53. The number of H-pyrrole nitrogens is 1. The number of aryl methyl sites for hydroxylation is 1. The highest BCUT2D eigenvalue weighted by Gasteiger charge is 2.24. The van der Waals surface area contributed by atoms with Gasteiger partial charge in [-0.25, -0.2) is 4.68 Å². The Bertz CT molecular complexity index is 1020. The number of aromatic amines is 1. The van der Waals surface area contributed by atoms with Gasteiger partial charge >= 0.3 is 0 Å². The highest BCUT2D eigenvalue weighted by Crippen LogP contribution is 2.35. The molecule has 2 heterocycles. The smallest absolute Gasteiger partial charge is 0.295 e. The van der Waals surface area contributed by atoms with Gasteiger partial charge in [0.25, 0.3) is 5.56 Å². The molecule has 0 saturated carbocycles. The first kappa shape index (κ1) is 17.1. The van der Waals surface area contributed by atoms with Crippen LogP contribution in [0, 0.1) is 6.92 Å². The normalized spacial score (nSPS) is 15.7. The van der Waals surface area contributed by atoms with Crippen LogP contribution in [0.4, 0.5) is 5.69 Å². The summed E-state index contributed by atoms with van der Waals surface area (Å²) in [4.78, 5) is 25.3. The molecule has 6 heteroatoms. The van der Waals surface area contributed by atoms with Crippen LogP contribution in [0.5, 0.6) is 5.75 Å². The van der Waals surface area contributed by atoms with E-state index in [-0.39, 0.29) is 17.4 Å². The molecule has 2 N–H and O–H groups in total. The average molecular weight is 363 g/mol. The van der Waals surface area contributed by atoms with Crippen molar-refractivity contribution in [3.63, 3.8) is 0 Å². The van der Waals surface area contributed by atoms with Crippen molar-refractivity contribution in [2.75, 3.05) is 11.9 Å². The van der Waals surface area contributed by atoms with Crippen LogP contribution in [0.3, 0.4) is 0 Å². The third kappa shape index (κ3) is 3.38. The number of anilines is 1. The molecule has 2 aromatic carbocycles. The fourth-order valence-electron chi connectivity index (χ4n) is 3.49. The molecule has 1 aliphatic heterocycles. The number of nitrogens with one attached hydrogen (secondary N) is 2. The van der Waals surface area contributed by atoms with Crippen molar-refractivity contribution in [3.8, 4) is 11.4 Å². The minimum atomic E-state index is -0.264. The first-order valence-corrected chi connectivity index (χ1v) is 9.02. The summed E-state index contributed by atoms with van der Waals surface area (Å²) in [5.74, 6) is 0.757. The van der Waals surface area contributed by atoms with Gasteiger partial charge in [-0.1, -0.05) is 36.4 Å². The Morgan fingerprint density at radius 2 is 1.93 bits per heavy atom. The topological polar surface area (TPSA) is 76.1 Å². The van der Waals surface area contributed by atoms with Crippen LogP contribution < -0.4 is 15.6 Å². The number of para-hydroxylation sites is 2. The Morgan fingerprint density at radius 1 is 1.19 bits per heavy atom. The van der Waals surface area contributed by atoms with E-state index in [4.69, 9.17) is 4.74 Å². The zero-order chi connectivity index (χ0) is 18.8. The lowest BCUT2D eigenvalue weighted by Gasteiger charge is -2.25. The van der Waals surface area contributed by atoms with E-state index < -0.39 is 0 Å². The second-order valence-corrected chi connectivity index (χ2v) is 6.71. The maximum atomic E-state index is 12.7. The van der Waals surface area contributed by atoms with Gasteiger partial charge in [-0.3, -0.25) is 14.7 Å². The van der Waals surface area contributed by atoms with E-state index in [1.54, 1.807) is 6.92 Å². The second kappa shape index (κ2) is 7.15. The van der Waals surface area contributed by atoms with Gasteiger partial charge in [0.1, 0.15) is 11.4 Å². The summed E-state index contributed by atoms with van der Waals surface area (Å²) in [6, 6.07) is 17.1. The molecule has 1 amide bonds. The van der Waals surface area contributed by atoms with E-state index in [9.17, 15) is 9.59 Å². The molecule has 0 fully saturated rings. The highest BCUT2D eigenvalue weighted by atomic mass is 16.5. The summed E-state index contributed by atoms with van der Waals surface area (Å²) in [7, 11) is 0. The molecule has 6 nitrogen and oxygen atoms in total. The Labute approximate surface area is 156 Å². The first-order chi connectivity index (χ1) is 13.1. The van der Waals surface area contributed by atoms with Gasteiger partial charge in [0.15, 0.2) is 0 Å². The zero-order valence-electron chi connectivity index (χ0n) is 15.1. The van der Waals surface area contributed by atoms with Crippen molar-refractivity contribution in [3.05, 3.63) is 76.2 Å². The van der Waals surface area contributed by atoms with Gasteiger partial charge < -0.3 is 10.1 Å². The Morgan fingerprint density at radius 3 is 2.74 bits per heavy atom. The molecule has 0 aliphatic carbocycles. The molecule has 1 aliphatic rings. The number of fused-ring (bicyclic) bond motifs is 1. The van der Waals surface area contributed by atoms with E-state index in [1.807, 2.05) is 54.6 Å². The predicted octanol–water partition coefficient (Wildman–Crippen LogP) is 3.37. The summed E-state index contributed by atoms with van der Waals surface area (Å²) in [6.07, 6.45) is 1.10. The number of carbonyl (C=O) groups excluding carboxylic acids is 1. The molecular weight excluding hydrogens is 342 g/mol. The lowest BCUT2D eigenvalue weighted by Crippen LogP contribution is -2.24. The number of aromatic nitrogens is 2. The van der Waals surface area contributed by atoms with Crippen LogP contribution in [0.2, 0.25) is 0 Å². The maximum Gasteiger partial charge on any atom is 0.295 e. The number of hydrogen-bond donors (Lipinski definition) is 2. The van der Waals surface area contributed by atoms with Crippen LogP contribution in [-0.2, 0) is 4.79 Å². The fraction of sp³-hybridized carbons (Fsp3) is 0.238. The lowest BCUT2D eigenvalue weighted by atomic mass is 9.90. The van der Waals surface area contributed by atoms with Crippen molar-refractivity contribution in [1.29, 1.82) is 0 Å². The number of nitrogens with zero attached hydrogens (tertiary/aromatic N) is 1. The summed E-state index contributed by atoms with van der Waals surface area (Å²) >= 11 is 0. The largest absolute Gasteiger partial charge is 0.493 e. The quantitative estimate of drug-likeness (QED) is 0.746. The Kier molecular flexibility index (Phi) is 4.54. The standard InChI is InChI=1S/C21H21N3O3/c1-14-20(21(26)24(23-14)16-7-3-2-4-8-16)22-19(25)13-15-11-12-27-18-10-6-5-9-17(15)18/h2-10,15,23H,11-13H2,1H3,(H,22,25). The molecule has 1 atom stereocenters. The van der Waals surface area contributed by atoms with Gasteiger partial charge in [0, 0.05) is 6.42 Å². The van der Waals surface area contributed by atoms with Crippen molar-refractivity contribution in [2.45, 2.75) is 25.7 Å². The fourth-order valence-corrected chi connectivity index (χ4v) is 3.49.